The fourth-order valence-corrected chi connectivity index (χ4v) is 1.56. The molecule has 0 amide bonds. The van der Waals surface area contributed by atoms with E-state index in [1.807, 2.05) is 48.5 Å². The average molecular weight is 286 g/mol. The van der Waals surface area contributed by atoms with Crippen LogP contribution in [0.3, 0.4) is 0 Å². The smallest absolute Gasteiger partial charge is 0.235 e. The van der Waals surface area contributed by atoms with Gasteiger partial charge in [-0.25, -0.2) is 5.48 Å². The highest BCUT2D eigenvalue weighted by molar-refractivity contribution is 5.47. The van der Waals surface area contributed by atoms with E-state index >= 15 is 0 Å². The van der Waals surface area contributed by atoms with E-state index in [1.54, 1.807) is 12.1 Å². The summed E-state index contributed by atoms with van der Waals surface area (Å²) in [5.74, 6) is 0. The normalized spacial score (nSPS) is 9.95. The number of nitrogens with one attached hydrogen (secondary N) is 1. The van der Waals surface area contributed by atoms with Gasteiger partial charge in [0, 0.05) is 12.6 Å². The molecule has 0 bridgehead atoms. The zero-order valence-electron chi connectivity index (χ0n) is 11.6. The van der Waals surface area contributed by atoms with Gasteiger partial charge in [0.05, 0.1) is 4.92 Å². The molecule has 0 fully saturated rings. The molecule has 2 aromatic carbocycles. The summed E-state index contributed by atoms with van der Waals surface area (Å²) in [6.45, 7) is 0.615. The van der Waals surface area contributed by atoms with E-state index in [4.69, 9.17) is 5.21 Å². The number of nitro groups is 1. The van der Waals surface area contributed by atoms with Crippen molar-refractivity contribution >= 4 is 6.08 Å². The summed E-state index contributed by atoms with van der Waals surface area (Å²) < 4.78 is 0. The van der Waals surface area contributed by atoms with Gasteiger partial charge in [-0.05, 0) is 17.5 Å². The molecule has 0 aliphatic rings. The van der Waals surface area contributed by atoms with Crippen LogP contribution in [0.25, 0.3) is 6.08 Å². The van der Waals surface area contributed by atoms with Gasteiger partial charge in [0.1, 0.15) is 0 Å². The predicted molar refractivity (Wildman–Crippen MR) is 82.4 cm³/mol. The zero-order valence-corrected chi connectivity index (χ0v) is 11.6. The lowest BCUT2D eigenvalue weighted by Gasteiger charge is -1.97. The van der Waals surface area contributed by atoms with Crippen molar-refractivity contribution in [3.63, 3.8) is 0 Å². The Balaban J connectivity index is 0.000000211. The summed E-state index contributed by atoms with van der Waals surface area (Å²) in [5.41, 5.74) is 4.19. The summed E-state index contributed by atoms with van der Waals surface area (Å²) in [6, 6.07) is 19.2. The summed E-state index contributed by atoms with van der Waals surface area (Å²) in [7, 11) is 0. The monoisotopic (exact) mass is 286 g/mol. The van der Waals surface area contributed by atoms with Crippen molar-refractivity contribution < 1.29 is 10.1 Å². The average Bonchev–Trinajstić information content (AvgIpc) is 2.53. The number of rotatable bonds is 5. The minimum atomic E-state index is -0.479. The summed E-state index contributed by atoms with van der Waals surface area (Å²) in [4.78, 5) is 9.41. The van der Waals surface area contributed by atoms with E-state index in [9.17, 15) is 10.1 Å². The van der Waals surface area contributed by atoms with Crippen LogP contribution in [0.15, 0.2) is 66.9 Å². The Bertz CT molecular complexity index is 542. The molecule has 0 unspecified atom stereocenters. The molecule has 2 rings (SSSR count). The molecule has 0 saturated heterocycles. The standard InChI is InChI=1S/C8H7NO2.C8H11NO/c10-9(11)7-6-8-4-2-1-3-5-8;10-9-7-6-8-4-2-1-3-5-8/h1-7H;1-5,9-10H,6-7H2/b7-6+;. The molecule has 21 heavy (non-hydrogen) atoms. The SMILES string of the molecule is O=[N+]([O-])/C=C/c1ccccc1.ONCCc1ccccc1. The van der Waals surface area contributed by atoms with E-state index in [0.717, 1.165) is 18.2 Å². The van der Waals surface area contributed by atoms with Crippen LogP contribution in [0.5, 0.6) is 0 Å². The number of hydroxylamine groups is 1. The first-order chi connectivity index (χ1) is 10.2. The zero-order chi connectivity index (χ0) is 15.3. The van der Waals surface area contributed by atoms with Crippen LogP contribution < -0.4 is 5.48 Å². The third-order valence-corrected chi connectivity index (χ3v) is 2.56. The third kappa shape index (κ3) is 8.30. The van der Waals surface area contributed by atoms with E-state index < -0.39 is 4.92 Å². The topological polar surface area (TPSA) is 75.4 Å². The number of nitrogens with zero attached hydrogens (tertiary/aromatic N) is 1. The second kappa shape index (κ2) is 10.3. The van der Waals surface area contributed by atoms with Gasteiger partial charge < -0.3 is 5.21 Å². The van der Waals surface area contributed by atoms with Crippen LogP contribution in [-0.4, -0.2) is 16.7 Å². The van der Waals surface area contributed by atoms with Gasteiger partial charge in [0.2, 0.25) is 6.20 Å². The number of benzene rings is 2. The molecule has 0 heterocycles. The predicted octanol–water partition coefficient (Wildman–Crippen LogP) is 3.14. The van der Waals surface area contributed by atoms with Crippen LogP contribution >= 0.6 is 0 Å². The van der Waals surface area contributed by atoms with Crippen molar-refractivity contribution in [1.82, 2.24) is 5.48 Å². The lowest BCUT2D eigenvalue weighted by molar-refractivity contribution is -0.400. The highest BCUT2D eigenvalue weighted by Crippen LogP contribution is 2.00. The fourth-order valence-electron chi connectivity index (χ4n) is 1.56. The van der Waals surface area contributed by atoms with Gasteiger partial charge >= 0.3 is 0 Å². The van der Waals surface area contributed by atoms with Crippen molar-refractivity contribution in [3.05, 3.63) is 88.1 Å². The Kier molecular flexibility index (Phi) is 8.12. The lowest BCUT2D eigenvalue weighted by atomic mass is 10.2. The molecule has 5 heteroatoms. The molecule has 0 spiro atoms. The van der Waals surface area contributed by atoms with Gasteiger partial charge in [-0.1, -0.05) is 60.7 Å². The van der Waals surface area contributed by atoms with Gasteiger partial charge in [-0.3, -0.25) is 10.1 Å². The van der Waals surface area contributed by atoms with Crippen molar-refractivity contribution in [2.24, 2.45) is 0 Å². The maximum absolute atomic E-state index is 9.89. The molecule has 110 valence electrons. The van der Waals surface area contributed by atoms with E-state index in [1.165, 1.54) is 11.6 Å². The molecule has 0 radical (unpaired) electrons. The highest BCUT2D eigenvalue weighted by Gasteiger charge is 1.87. The maximum atomic E-state index is 9.89. The van der Waals surface area contributed by atoms with Gasteiger partial charge in [-0.15, -0.1) is 0 Å². The first kappa shape index (κ1) is 16.6. The molecule has 0 atom stereocenters. The molecule has 2 aromatic rings. The molecule has 0 aliphatic heterocycles. The van der Waals surface area contributed by atoms with Crippen LogP contribution in [0.4, 0.5) is 0 Å². The van der Waals surface area contributed by atoms with Gasteiger partial charge in [0.25, 0.3) is 0 Å². The maximum Gasteiger partial charge on any atom is 0.235 e. The van der Waals surface area contributed by atoms with Crippen molar-refractivity contribution in [1.29, 1.82) is 0 Å². The molecular weight excluding hydrogens is 268 g/mol. The highest BCUT2D eigenvalue weighted by atomic mass is 16.6. The molecule has 0 aliphatic carbocycles. The Hall–Kier alpha value is -2.50. The first-order valence-electron chi connectivity index (χ1n) is 6.50. The van der Waals surface area contributed by atoms with Gasteiger partial charge in [-0.2, -0.15) is 0 Å². The quantitative estimate of drug-likeness (QED) is 0.654. The van der Waals surface area contributed by atoms with Crippen molar-refractivity contribution in [3.8, 4) is 0 Å². The lowest BCUT2D eigenvalue weighted by Crippen LogP contribution is -2.10. The first-order valence-corrected chi connectivity index (χ1v) is 6.50. The van der Waals surface area contributed by atoms with Crippen LogP contribution in [0, 0.1) is 10.1 Å². The van der Waals surface area contributed by atoms with Crippen molar-refractivity contribution in [2.45, 2.75) is 6.42 Å². The Labute approximate surface area is 123 Å². The van der Waals surface area contributed by atoms with E-state index in [2.05, 4.69) is 5.48 Å². The van der Waals surface area contributed by atoms with Crippen LogP contribution in [-0.2, 0) is 6.42 Å². The van der Waals surface area contributed by atoms with Crippen LogP contribution in [0.1, 0.15) is 11.1 Å². The van der Waals surface area contributed by atoms with Gasteiger partial charge in [0.15, 0.2) is 0 Å². The second-order valence-corrected chi connectivity index (χ2v) is 4.16. The van der Waals surface area contributed by atoms with Crippen LogP contribution in [0.2, 0.25) is 0 Å². The Morgan fingerprint density at radius 2 is 1.62 bits per heavy atom. The minimum absolute atomic E-state index is 0.479. The Morgan fingerprint density at radius 1 is 1.05 bits per heavy atom. The summed E-state index contributed by atoms with van der Waals surface area (Å²) >= 11 is 0. The van der Waals surface area contributed by atoms with E-state index in [-0.39, 0.29) is 0 Å². The molecule has 0 aromatic heterocycles. The summed E-state index contributed by atoms with van der Waals surface area (Å²) in [6.07, 6.45) is 3.26. The fraction of sp³-hybridized carbons (Fsp3) is 0.125. The second-order valence-electron chi connectivity index (χ2n) is 4.16. The molecule has 5 nitrogen and oxygen atoms in total. The minimum Gasteiger partial charge on any atom is -0.317 e. The number of hydrogen-bond acceptors (Lipinski definition) is 4. The molecule has 2 N–H and O–H groups in total. The van der Waals surface area contributed by atoms with Crippen molar-refractivity contribution in [2.75, 3.05) is 6.54 Å². The largest absolute Gasteiger partial charge is 0.317 e. The molecular formula is C16H18N2O3. The Morgan fingerprint density at radius 3 is 2.14 bits per heavy atom. The molecule has 0 saturated carbocycles. The summed E-state index contributed by atoms with van der Waals surface area (Å²) in [5, 5.41) is 18.2. The third-order valence-electron chi connectivity index (χ3n) is 2.56. The van der Waals surface area contributed by atoms with E-state index in [0.29, 0.717) is 6.54 Å². The number of hydrogen-bond donors (Lipinski definition) is 2.